The lowest BCUT2D eigenvalue weighted by molar-refractivity contribution is -0.383. The van der Waals surface area contributed by atoms with E-state index in [1.807, 2.05) is 0 Å². The predicted molar refractivity (Wildman–Crippen MR) is 246 cm³/mol. The van der Waals surface area contributed by atoms with Crippen molar-refractivity contribution in [1.82, 2.24) is 0 Å². The fourth-order valence-corrected chi connectivity index (χ4v) is 6.97. The molecular weight excluding hydrogens is 937 g/mol. The molecule has 2 aliphatic rings. The molecule has 0 saturated carbocycles. The Morgan fingerprint density at radius 3 is 1.46 bits per heavy atom. The Hall–Kier alpha value is -7.76. The molecule has 376 valence electrons. The predicted octanol–water partition coefficient (Wildman–Crippen LogP) is 2.50. The lowest BCUT2D eigenvalue weighted by atomic mass is 9.98. The second-order valence-electron chi connectivity index (χ2n) is 15.7. The molecule has 0 amide bonds. The van der Waals surface area contributed by atoms with Crippen LogP contribution in [0.25, 0.3) is 24.3 Å². The van der Waals surface area contributed by atoms with Crippen LogP contribution in [0.3, 0.4) is 0 Å². The molecule has 2 aliphatic heterocycles. The molecule has 9 atom stereocenters. The second kappa shape index (κ2) is 24.2. The van der Waals surface area contributed by atoms with Crippen molar-refractivity contribution in [2.75, 3.05) is 34.0 Å². The van der Waals surface area contributed by atoms with Crippen LogP contribution >= 0.6 is 0 Å². The molecule has 8 N–H and O–H groups in total. The highest BCUT2D eigenvalue weighted by molar-refractivity contribution is 5.89. The van der Waals surface area contributed by atoms with E-state index in [0.29, 0.717) is 22.3 Å². The highest BCUT2D eigenvalue weighted by atomic mass is 16.8. The van der Waals surface area contributed by atoms with Crippen LogP contribution < -0.4 is 9.47 Å². The van der Waals surface area contributed by atoms with E-state index < -0.39 is 98.5 Å². The number of hydrogen-bond acceptors (Lipinski definition) is 21. The average Bonchev–Trinajstić information content (AvgIpc) is 3.62. The number of esters is 4. The van der Waals surface area contributed by atoms with Crippen molar-refractivity contribution >= 4 is 48.2 Å². The van der Waals surface area contributed by atoms with E-state index in [4.69, 9.17) is 42.6 Å². The van der Waals surface area contributed by atoms with Gasteiger partial charge in [0, 0.05) is 24.3 Å². The third kappa shape index (κ3) is 14.2. The molecule has 21 heteroatoms. The molecule has 0 spiro atoms. The maximum absolute atomic E-state index is 13.5. The fourth-order valence-electron chi connectivity index (χ4n) is 6.97. The first-order valence-electron chi connectivity index (χ1n) is 21.5. The van der Waals surface area contributed by atoms with Crippen LogP contribution in [-0.4, -0.2) is 154 Å². The van der Waals surface area contributed by atoms with Gasteiger partial charge in [-0.15, -0.1) is 0 Å². The smallest absolute Gasteiger partial charge is 0.331 e. The monoisotopic (exact) mass is 986 g/mol. The van der Waals surface area contributed by atoms with Crippen molar-refractivity contribution in [2.45, 2.75) is 54.8 Å². The summed E-state index contributed by atoms with van der Waals surface area (Å²) in [5.41, 5.74) is 1.74. The van der Waals surface area contributed by atoms with Gasteiger partial charge in [0.05, 0.1) is 14.2 Å². The first-order chi connectivity index (χ1) is 34.0. The summed E-state index contributed by atoms with van der Waals surface area (Å²) in [5.74, 6) is -7.02. The SMILES string of the molecule is COc1cc(/C=C/C(=O)OC[C@H]2O[C@H](O[C@]3(COC(=O)/C=C/c4ccc(O)c(OC)c4)O[C@H](COC(=O)/C=C/c4ccc(O)cc4)[C@@H](O)[C@@H]3OC(=O)/C=C/c3ccc(O)cc3)[C@H](O)[C@@H](O)[C@H]2O)ccc1O. The van der Waals surface area contributed by atoms with Crippen molar-refractivity contribution in [3.05, 3.63) is 131 Å². The van der Waals surface area contributed by atoms with Crippen LogP contribution in [0.15, 0.2) is 109 Å². The molecule has 6 rings (SSSR count). The van der Waals surface area contributed by atoms with Crippen LogP contribution in [0.1, 0.15) is 22.3 Å². The Bertz CT molecular complexity index is 2610. The van der Waals surface area contributed by atoms with Gasteiger partial charge in [-0.3, -0.25) is 0 Å². The van der Waals surface area contributed by atoms with Crippen molar-refractivity contribution in [1.29, 1.82) is 0 Å². The summed E-state index contributed by atoms with van der Waals surface area (Å²) in [5, 5.41) is 84.2. The van der Waals surface area contributed by atoms with E-state index >= 15 is 0 Å². The van der Waals surface area contributed by atoms with Crippen molar-refractivity contribution in [2.24, 2.45) is 0 Å². The number of phenolic OH excluding ortho intramolecular Hbond substituents is 4. The van der Waals surface area contributed by atoms with E-state index in [1.54, 1.807) is 0 Å². The highest BCUT2D eigenvalue weighted by Crippen LogP contribution is 2.39. The van der Waals surface area contributed by atoms with Gasteiger partial charge in [0.15, 0.2) is 35.4 Å². The maximum Gasteiger partial charge on any atom is 0.331 e. The number of rotatable bonds is 19. The van der Waals surface area contributed by atoms with Gasteiger partial charge in [0.25, 0.3) is 0 Å². The topological polar surface area (TPSA) is 313 Å². The van der Waals surface area contributed by atoms with Crippen molar-refractivity contribution < 1.29 is 103 Å². The van der Waals surface area contributed by atoms with Crippen LogP contribution in [0, 0.1) is 0 Å². The van der Waals surface area contributed by atoms with Crippen LogP contribution in [-0.2, 0) is 52.3 Å². The third-order valence-corrected chi connectivity index (χ3v) is 10.7. The summed E-state index contributed by atoms with van der Waals surface area (Å²) in [6, 6.07) is 19.9. The zero-order valence-corrected chi connectivity index (χ0v) is 37.8. The van der Waals surface area contributed by atoms with Crippen molar-refractivity contribution in [3.63, 3.8) is 0 Å². The number of carbonyl (C=O) groups excluding carboxylic acids is 4. The van der Waals surface area contributed by atoms with Gasteiger partial charge in [-0.2, -0.15) is 0 Å². The van der Waals surface area contributed by atoms with Gasteiger partial charge < -0.3 is 83.5 Å². The maximum atomic E-state index is 13.5. The molecule has 0 aliphatic carbocycles. The molecule has 2 saturated heterocycles. The highest BCUT2D eigenvalue weighted by Gasteiger charge is 2.62. The number of aromatic hydroxyl groups is 4. The summed E-state index contributed by atoms with van der Waals surface area (Å²) < 4.78 is 50.2. The lowest BCUT2D eigenvalue weighted by Crippen LogP contribution is -2.63. The van der Waals surface area contributed by atoms with Gasteiger partial charge in [0.1, 0.15) is 67.9 Å². The zero-order valence-electron chi connectivity index (χ0n) is 37.8. The van der Waals surface area contributed by atoms with E-state index in [2.05, 4.69) is 0 Å². The Morgan fingerprint density at radius 1 is 0.535 bits per heavy atom. The lowest BCUT2D eigenvalue weighted by Gasteiger charge is -2.43. The van der Waals surface area contributed by atoms with Crippen LogP contribution in [0.5, 0.6) is 34.5 Å². The Morgan fingerprint density at radius 2 is 0.972 bits per heavy atom. The van der Waals surface area contributed by atoms with Crippen molar-refractivity contribution in [3.8, 4) is 34.5 Å². The normalized spacial score (nSPS) is 24.3. The molecule has 2 heterocycles. The van der Waals surface area contributed by atoms with E-state index in [-0.39, 0.29) is 34.5 Å². The van der Waals surface area contributed by atoms with E-state index in [9.17, 15) is 60.0 Å². The number of ether oxygens (including phenoxy) is 9. The van der Waals surface area contributed by atoms with Gasteiger partial charge >= 0.3 is 23.9 Å². The van der Waals surface area contributed by atoms with Crippen LogP contribution in [0.4, 0.5) is 0 Å². The quantitative estimate of drug-likeness (QED) is 0.0380. The first kappa shape index (κ1) is 52.6. The number of hydrogen-bond donors (Lipinski definition) is 8. The van der Waals surface area contributed by atoms with Gasteiger partial charge in [0.2, 0.25) is 5.79 Å². The number of carbonyl (C=O) groups is 4. The largest absolute Gasteiger partial charge is 0.508 e. The van der Waals surface area contributed by atoms with Gasteiger partial charge in [-0.25, -0.2) is 19.2 Å². The minimum Gasteiger partial charge on any atom is -0.508 e. The van der Waals surface area contributed by atoms with E-state index in [1.165, 1.54) is 123 Å². The Kier molecular flexibility index (Phi) is 17.9. The molecule has 0 aromatic heterocycles. The number of aliphatic hydroxyl groups excluding tert-OH is 4. The molecular formula is C50H50O21. The summed E-state index contributed by atoms with van der Waals surface area (Å²) in [4.78, 5) is 52.6. The molecule has 0 unspecified atom stereocenters. The number of phenols is 4. The van der Waals surface area contributed by atoms with E-state index in [0.717, 1.165) is 24.3 Å². The molecule has 2 fully saturated rings. The minimum atomic E-state index is -2.71. The fraction of sp³-hybridized carbons (Fsp3) is 0.280. The molecule has 0 radical (unpaired) electrons. The third-order valence-electron chi connectivity index (χ3n) is 10.7. The molecule has 0 bridgehead atoms. The van der Waals surface area contributed by atoms with Gasteiger partial charge in [-0.1, -0.05) is 36.4 Å². The molecule has 4 aromatic carbocycles. The number of benzene rings is 4. The second-order valence-corrected chi connectivity index (χ2v) is 15.7. The summed E-state index contributed by atoms with van der Waals surface area (Å²) in [6.07, 6.45) is -6.40. The van der Waals surface area contributed by atoms with Gasteiger partial charge in [-0.05, 0) is 95.1 Å². The molecule has 21 nitrogen and oxygen atoms in total. The summed E-state index contributed by atoms with van der Waals surface area (Å²) in [6.45, 7) is -2.62. The Labute approximate surface area is 404 Å². The van der Waals surface area contributed by atoms with Crippen LogP contribution in [0.2, 0.25) is 0 Å². The first-order valence-corrected chi connectivity index (χ1v) is 21.5. The number of methoxy groups -OCH3 is 2. The average molecular weight is 987 g/mol. The Balaban J connectivity index is 1.28. The standard InChI is InChI=1S/C50H50O21/c1-63-36-23-30(7-17-34(36)53)11-20-41(56)65-25-38-44(59)46(61)47(62)49(68-38)71-50(27-67-42(57)21-12-31-8-18-35(54)37(24-31)64-2)48(69-43(58)22-10-29-5-15-33(52)16-6-29)45(60)39(70-50)26-66-40(55)19-9-28-3-13-32(51)14-4-28/h3-24,38-39,44-49,51-54,59-62H,25-27H2,1-2H3/b19-9+,20-11+,21-12+,22-10+/t38-,39-,44+,45-,46+,47-,48+,49-,50+/m1/s1. The zero-order chi connectivity index (χ0) is 51.2. The summed E-state index contributed by atoms with van der Waals surface area (Å²) in [7, 11) is 2.66. The minimum absolute atomic E-state index is 0.0121. The number of aliphatic hydroxyl groups is 4. The summed E-state index contributed by atoms with van der Waals surface area (Å²) >= 11 is 0. The molecule has 71 heavy (non-hydrogen) atoms. The molecule has 4 aromatic rings.